The molecule has 0 fully saturated rings. The van der Waals surface area contributed by atoms with Crippen LogP contribution in [0.3, 0.4) is 0 Å². The fourth-order valence-corrected chi connectivity index (χ4v) is 12.3. The summed E-state index contributed by atoms with van der Waals surface area (Å²) in [4.78, 5) is 72.9. The van der Waals surface area contributed by atoms with Crippen LogP contribution in [0, 0.1) is 0 Å². The highest BCUT2D eigenvalue weighted by Gasteiger charge is 2.30. The molecule has 0 aromatic heterocycles. The Hall–Kier alpha value is -4.28. The van der Waals surface area contributed by atoms with Crippen LogP contribution in [0.1, 0.15) is 336 Å². The Balaban J connectivity index is 5.39. The van der Waals surface area contributed by atoms with Gasteiger partial charge in [-0.1, -0.05) is 330 Å². The van der Waals surface area contributed by atoms with E-state index in [1.165, 1.54) is 122 Å². The molecule has 588 valence electrons. The quantitative estimate of drug-likeness (QED) is 0.0169. The summed E-state index contributed by atoms with van der Waals surface area (Å²) >= 11 is 0. The number of hydrogen-bond acceptors (Lipinski definition) is 15. The number of carbonyl (C=O) groups excluding carboxylic acids is 4. The molecule has 0 radical (unpaired) electrons. The van der Waals surface area contributed by atoms with E-state index < -0.39 is 97.5 Å². The molecule has 0 rings (SSSR count). The molecule has 19 heteroatoms. The highest BCUT2D eigenvalue weighted by atomic mass is 31.2. The molecule has 0 heterocycles. The first-order chi connectivity index (χ1) is 49.7. The molecule has 0 saturated carbocycles. The number of aliphatic hydroxyl groups excluding tert-OH is 1. The predicted octanol–water partition coefficient (Wildman–Crippen LogP) is 23.3. The lowest BCUT2D eigenvalue weighted by Crippen LogP contribution is -2.30. The van der Waals surface area contributed by atoms with Crippen LogP contribution in [0.25, 0.3) is 0 Å². The highest BCUT2D eigenvalue weighted by Crippen LogP contribution is 2.45. The zero-order valence-electron chi connectivity index (χ0n) is 64.3. The maximum absolute atomic E-state index is 13.1. The maximum Gasteiger partial charge on any atom is 0.472 e. The number of phosphoric acid groups is 2. The third-order valence-corrected chi connectivity index (χ3v) is 18.7. The van der Waals surface area contributed by atoms with Crippen molar-refractivity contribution in [1.82, 2.24) is 0 Å². The summed E-state index contributed by atoms with van der Waals surface area (Å²) in [6.07, 6.45) is 81.0. The predicted molar refractivity (Wildman–Crippen MR) is 418 cm³/mol. The number of phosphoric ester groups is 2. The van der Waals surface area contributed by atoms with E-state index in [0.29, 0.717) is 25.7 Å². The number of allylic oxidation sites excluding steroid dienone is 17. The zero-order valence-corrected chi connectivity index (χ0v) is 66.0. The van der Waals surface area contributed by atoms with Gasteiger partial charge in [0.05, 0.1) is 32.8 Å². The Kier molecular flexibility index (Phi) is 71.8. The van der Waals surface area contributed by atoms with Crippen molar-refractivity contribution in [2.24, 2.45) is 0 Å². The number of unbranched alkanes of at least 4 members (excludes halogenated alkanes) is 32. The third-order valence-electron chi connectivity index (χ3n) is 16.8. The molecule has 5 unspecified atom stereocenters. The van der Waals surface area contributed by atoms with Crippen LogP contribution >= 0.6 is 15.6 Å². The second-order valence-electron chi connectivity index (χ2n) is 26.6. The SMILES string of the molecule is CC/C=C\C/C=C\C/C=C\C/C=C\C/C=C\CC(=O)OC(COC(=O)CCCCCCCC/C=C\C/C=C\C/C=C\C/C=C\CC)COP(=O)(O)OCC(O)COP(=O)(O)OCC(COC(=O)CCCCCCCCCCCCCCCCC)OC(=O)CCCCCCCCCCCCCCC. The van der Waals surface area contributed by atoms with Crippen molar-refractivity contribution in [2.45, 2.75) is 354 Å². The monoisotopic (exact) mass is 1470 g/mol. The first-order valence-electron chi connectivity index (χ1n) is 40.1. The van der Waals surface area contributed by atoms with Crippen molar-refractivity contribution in [1.29, 1.82) is 0 Å². The lowest BCUT2D eigenvalue weighted by Gasteiger charge is -2.21. The molecular weight excluding hydrogens is 1330 g/mol. The molecule has 0 aliphatic rings. The molecule has 0 aliphatic heterocycles. The summed E-state index contributed by atoms with van der Waals surface area (Å²) in [5, 5.41) is 10.6. The number of ether oxygens (including phenoxy) is 4. The van der Waals surface area contributed by atoms with Gasteiger partial charge in [-0.2, -0.15) is 0 Å². The van der Waals surface area contributed by atoms with Crippen molar-refractivity contribution in [3.63, 3.8) is 0 Å². The van der Waals surface area contributed by atoms with Gasteiger partial charge >= 0.3 is 39.5 Å². The molecule has 0 amide bonds. The molecule has 17 nitrogen and oxygen atoms in total. The van der Waals surface area contributed by atoms with E-state index >= 15 is 0 Å². The molecule has 0 spiro atoms. The highest BCUT2D eigenvalue weighted by molar-refractivity contribution is 7.47. The van der Waals surface area contributed by atoms with Gasteiger partial charge in [0.2, 0.25) is 0 Å². The zero-order chi connectivity index (χ0) is 74.6. The lowest BCUT2D eigenvalue weighted by molar-refractivity contribution is -0.161. The Morgan fingerprint density at radius 1 is 0.294 bits per heavy atom. The standard InChI is InChI=1S/C83H144O17P2/c1-5-9-13-17-21-25-29-33-36-37-38-39-42-45-48-52-56-60-64-68-81(86)94-74-79(100-83(88)70-66-62-58-54-50-46-41-35-31-27-23-19-15-11-7-3)76-98-102(91,92)96-72-77(84)71-95-101(89,90)97-75-78(99-82(87)69-65-61-57-53-49-43-32-28-24-20-16-12-8-4)73-93-80(85)67-63-59-55-51-47-44-40-34-30-26-22-18-14-10-6-2/h9,11,13,15,21,23,25,27,33,35-36,38-39,41,50,54,62,66,77-79,84H,5-8,10,12,14,16-20,22,24,26,28-32,34,37,40,42-49,51-53,55-61,63-65,67-76H2,1-4H3,(H,89,90)(H,91,92)/b13-9-,15-11-,25-21-,27-23-,36-33-,39-38-,41-35-,54-50-,66-62-. The van der Waals surface area contributed by atoms with Crippen molar-refractivity contribution < 1.29 is 80.2 Å². The van der Waals surface area contributed by atoms with Crippen LogP contribution in [0.4, 0.5) is 0 Å². The normalized spacial score (nSPS) is 14.5. The maximum atomic E-state index is 13.1. The molecule has 102 heavy (non-hydrogen) atoms. The smallest absolute Gasteiger partial charge is 0.462 e. The van der Waals surface area contributed by atoms with E-state index in [0.717, 1.165) is 135 Å². The van der Waals surface area contributed by atoms with Crippen molar-refractivity contribution >= 4 is 39.5 Å². The second-order valence-corrected chi connectivity index (χ2v) is 29.5. The molecule has 0 bridgehead atoms. The van der Waals surface area contributed by atoms with Crippen LogP contribution in [-0.4, -0.2) is 96.7 Å². The molecule has 0 aromatic carbocycles. The average Bonchev–Trinajstić information content (AvgIpc) is 0.907. The van der Waals surface area contributed by atoms with Gasteiger partial charge in [-0.3, -0.25) is 37.3 Å². The summed E-state index contributed by atoms with van der Waals surface area (Å²) < 4.78 is 68.5. The van der Waals surface area contributed by atoms with Crippen molar-refractivity contribution in [3.8, 4) is 0 Å². The third kappa shape index (κ3) is 74.0. The van der Waals surface area contributed by atoms with E-state index in [4.69, 9.17) is 37.0 Å². The molecule has 0 aromatic rings. The van der Waals surface area contributed by atoms with Crippen LogP contribution in [0.5, 0.6) is 0 Å². The summed E-state index contributed by atoms with van der Waals surface area (Å²) in [5.74, 6) is -2.32. The summed E-state index contributed by atoms with van der Waals surface area (Å²) in [5.41, 5.74) is 0. The van der Waals surface area contributed by atoms with Gasteiger partial charge in [-0.25, -0.2) is 9.13 Å². The van der Waals surface area contributed by atoms with Crippen LogP contribution in [0.15, 0.2) is 109 Å². The van der Waals surface area contributed by atoms with E-state index in [2.05, 4.69) is 113 Å². The second kappa shape index (κ2) is 75.0. The molecule has 0 saturated heterocycles. The Morgan fingerprint density at radius 3 is 0.873 bits per heavy atom. The largest absolute Gasteiger partial charge is 0.472 e. The van der Waals surface area contributed by atoms with Crippen molar-refractivity contribution in [2.75, 3.05) is 39.6 Å². The van der Waals surface area contributed by atoms with E-state index in [-0.39, 0.29) is 25.7 Å². The van der Waals surface area contributed by atoms with Gasteiger partial charge in [0.25, 0.3) is 0 Å². The summed E-state index contributed by atoms with van der Waals surface area (Å²) in [6.45, 7) is 4.56. The van der Waals surface area contributed by atoms with Crippen LogP contribution < -0.4 is 0 Å². The first-order valence-corrected chi connectivity index (χ1v) is 43.1. The van der Waals surface area contributed by atoms with Gasteiger partial charge in [0, 0.05) is 19.3 Å². The van der Waals surface area contributed by atoms with Gasteiger partial charge in [-0.15, -0.1) is 0 Å². The van der Waals surface area contributed by atoms with Gasteiger partial charge in [0.15, 0.2) is 12.2 Å². The van der Waals surface area contributed by atoms with Gasteiger partial charge in [0.1, 0.15) is 19.3 Å². The Bertz CT molecular complexity index is 2360. The summed E-state index contributed by atoms with van der Waals surface area (Å²) in [6, 6.07) is 0. The topological polar surface area (TPSA) is 237 Å². The lowest BCUT2D eigenvalue weighted by atomic mass is 10.0. The fourth-order valence-electron chi connectivity index (χ4n) is 10.8. The number of hydrogen-bond donors (Lipinski definition) is 3. The fraction of sp³-hybridized carbons (Fsp3) is 0.735. The van der Waals surface area contributed by atoms with E-state index in [1.54, 1.807) is 12.2 Å². The first kappa shape index (κ1) is 97.7. The average molecular weight is 1480 g/mol. The minimum atomic E-state index is -5.00. The van der Waals surface area contributed by atoms with Crippen LogP contribution in [-0.2, 0) is 65.4 Å². The van der Waals surface area contributed by atoms with E-state index in [1.807, 2.05) is 12.2 Å². The molecule has 5 atom stereocenters. The molecular formula is C83H144O17P2. The minimum absolute atomic E-state index is 0.0974. The van der Waals surface area contributed by atoms with Gasteiger partial charge < -0.3 is 33.8 Å². The molecule has 0 aliphatic carbocycles. The number of esters is 4. The summed E-state index contributed by atoms with van der Waals surface area (Å²) in [7, 11) is -9.98. The Labute approximate surface area is 619 Å². The minimum Gasteiger partial charge on any atom is -0.462 e. The number of carbonyl (C=O) groups is 4. The van der Waals surface area contributed by atoms with Gasteiger partial charge in [-0.05, 0) is 89.9 Å². The van der Waals surface area contributed by atoms with Crippen LogP contribution in [0.2, 0.25) is 0 Å². The number of rotatable bonds is 75. The Morgan fingerprint density at radius 2 is 0.549 bits per heavy atom. The molecule has 3 N–H and O–H groups in total. The van der Waals surface area contributed by atoms with Crippen molar-refractivity contribution in [3.05, 3.63) is 109 Å². The van der Waals surface area contributed by atoms with E-state index in [9.17, 15) is 43.2 Å². The number of aliphatic hydroxyl groups is 1.